The molecule has 27 heavy (non-hydrogen) atoms. The van der Waals surface area contributed by atoms with Gasteiger partial charge in [0.05, 0.1) is 12.1 Å². The van der Waals surface area contributed by atoms with Gasteiger partial charge in [0.1, 0.15) is 5.75 Å². The molecule has 0 aliphatic carbocycles. The number of ether oxygens (including phenoxy) is 1. The maximum atomic E-state index is 12.4. The Morgan fingerprint density at radius 1 is 1.00 bits per heavy atom. The molecule has 0 heterocycles. The summed E-state index contributed by atoms with van der Waals surface area (Å²) in [6.07, 6.45) is 0. The van der Waals surface area contributed by atoms with E-state index in [1.165, 1.54) is 12.1 Å². The Labute approximate surface area is 158 Å². The molecule has 146 valence electrons. The Morgan fingerprint density at radius 2 is 1.63 bits per heavy atom. The molecule has 0 spiro atoms. The van der Waals surface area contributed by atoms with E-state index in [0.717, 1.165) is 11.1 Å². The smallest absolute Gasteiger partial charge is 0.387 e. The fourth-order valence-corrected chi connectivity index (χ4v) is 2.70. The first-order valence-corrected chi connectivity index (χ1v) is 8.66. The van der Waals surface area contributed by atoms with Gasteiger partial charge in [-0.05, 0) is 44.3 Å². The van der Waals surface area contributed by atoms with Crippen LogP contribution >= 0.6 is 0 Å². The van der Waals surface area contributed by atoms with Crippen molar-refractivity contribution < 1.29 is 18.3 Å². The molecule has 2 unspecified atom stereocenters. The molecule has 2 atom stereocenters. The average Bonchev–Trinajstić information content (AvgIpc) is 2.61. The van der Waals surface area contributed by atoms with Gasteiger partial charge in [0.25, 0.3) is 0 Å². The fourth-order valence-electron chi connectivity index (χ4n) is 2.70. The van der Waals surface area contributed by atoms with Gasteiger partial charge in [-0.3, -0.25) is 0 Å². The Balaban J connectivity index is 1.97. The normalized spacial score (nSPS) is 13.3. The molecule has 5 nitrogen and oxygen atoms in total. The summed E-state index contributed by atoms with van der Waals surface area (Å²) in [6.45, 7) is -0.374. The molecule has 0 radical (unpaired) electrons. The van der Waals surface area contributed by atoms with Gasteiger partial charge in [-0.2, -0.15) is 8.78 Å². The zero-order valence-corrected chi connectivity index (χ0v) is 15.7. The lowest BCUT2D eigenvalue weighted by molar-refractivity contribution is -0.0498. The molecule has 2 aromatic rings. The van der Waals surface area contributed by atoms with Gasteiger partial charge in [-0.1, -0.05) is 42.5 Å². The van der Waals surface area contributed by atoms with Crippen molar-refractivity contribution in [3.63, 3.8) is 0 Å². The number of halogens is 2. The molecule has 2 amide bonds. The van der Waals surface area contributed by atoms with Crippen LogP contribution in [0, 0.1) is 0 Å². The van der Waals surface area contributed by atoms with Gasteiger partial charge in [-0.15, -0.1) is 0 Å². The lowest BCUT2D eigenvalue weighted by Crippen LogP contribution is -2.42. The molecule has 0 saturated heterocycles. The van der Waals surface area contributed by atoms with Crippen LogP contribution in [0.15, 0.2) is 54.6 Å². The summed E-state index contributed by atoms with van der Waals surface area (Å²) in [6, 6.07) is 15.2. The topological polar surface area (TPSA) is 53.6 Å². The van der Waals surface area contributed by atoms with Gasteiger partial charge < -0.3 is 20.3 Å². The number of nitrogens with zero attached hydrogens (tertiary/aromatic N) is 1. The number of hydrogen-bond acceptors (Lipinski definition) is 3. The zero-order chi connectivity index (χ0) is 19.8. The van der Waals surface area contributed by atoms with Crippen LogP contribution < -0.4 is 15.4 Å². The lowest BCUT2D eigenvalue weighted by atomic mass is 10.1. The first-order chi connectivity index (χ1) is 12.8. The van der Waals surface area contributed by atoms with Gasteiger partial charge in [-0.25, -0.2) is 4.79 Å². The molecule has 0 aliphatic heterocycles. The minimum Gasteiger partial charge on any atom is -0.435 e. The van der Waals surface area contributed by atoms with E-state index in [4.69, 9.17) is 0 Å². The highest BCUT2D eigenvalue weighted by molar-refractivity contribution is 5.75. The summed E-state index contributed by atoms with van der Waals surface area (Å²) in [5, 5.41) is 5.86. The molecule has 0 saturated carbocycles. The van der Waals surface area contributed by atoms with Crippen LogP contribution in [0.25, 0.3) is 0 Å². The van der Waals surface area contributed by atoms with Crippen LogP contribution in [0.3, 0.4) is 0 Å². The second-order valence-corrected chi connectivity index (χ2v) is 6.51. The van der Waals surface area contributed by atoms with Crippen molar-refractivity contribution in [1.82, 2.24) is 15.5 Å². The van der Waals surface area contributed by atoms with Crippen LogP contribution in [0.4, 0.5) is 13.6 Å². The summed E-state index contributed by atoms with van der Waals surface area (Å²) in [4.78, 5) is 14.4. The first kappa shape index (κ1) is 20.6. The summed E-state index contributed by atoms with van der Waals surface area (Å²) < 4.78 is 28.8. The molecule has 0 aliphatic rings. The number of carbonyl (C=O) groups excluding carboxylic acids is 1. The summed E-state index contributed by atoms with van der Waals surface area (Å²) in [5.41, 5.74) is 1.80. The monoisotopic (exact) mass is 377 g/mol. The Kier molecular flexibility index (Phi) is 7.55. The van der Waals surface area contributed by atoms with Crippen LogP contribution in [0.5, 0.6) is 5.75 Å². The van der Waals surface area contributed by atoms with Gasteiger partial charge in [0.2, 0.25) is 0 Å². The standard InChI is InChI=1S/C20H25F2N3O2/c1-14(15-9-11-17(12-10-15)27-19(21)22)23-20(26)24-18(13-25(2)3)16-7-5-4-6-8-16/h4-12,14,18-19H,13H2,1-3H3,(H2,23,24,26). The highest BCUT2D eigenvalue weighted by atomic mass is 19.3. The maximum Gasteiger partial charge on any atom is 0.387 e. The number of urea groups is 1. The van der Waals surface area contributed by atoms with E-state index >= 15 is 0 Å². The van der Waals surface area contributed by atoms with E-state index in [0.29, 0.717) is 6.54 Å². The number of benzene rings is 2. The second-order valence-electron chi connectivity index (χ2n) is 6.51. The quantitative estimate of drug-likeness (QED) is 0.732. The summed E-state index contributed by atoms with van der Waals surface area (Å²) >= 11 is 0. The molecule has 2 N–H and O–H groups in total. The van der Waals surface area contributed by atoms with E-state index in [1.54, 1.807) is 12.1 Å². The van der Waals surface area contributed by atoms with Crippen molar-refractivity contribution in [1.29, 1.82) is 0 Å². The molecule has 7 heteroatoms. The van der Waals surface area contributed by atoms with E-state index in [9.17, 15) is 13.6 Å². The van der Waals surface area contributed by atoms with Crippen molar-refractivity contribution in [3.8, 4) is 5.75 Å². The van der Waals surface area contributed by atoms with Gasteiger partial charge in [0.15, 0.2) is 0 Å². The number of amides is 2. The molecule has 0 aromatic heterocycles. The van der Waals surface area contributed by atoms with Gasteiger partial charge in [0, 0.05) is 6.54 Å². The average molecular weight is 377 g/mol. The maximum absolute atomic E-state index is 12.4. The van der Waals surface area contributed by atoms with E-state index in [2.05, 4.69) is 15.4 Å². The van der Waals surface area contributed by atoms with Crippen LogP contribution in [-0.2, 0) is 0 Å². The lowest BCUT2D eigenvalue weighted by Gasteiger charge is -2.24. The fraction of sp³-hybridized carbons (Fsp3) is 0.350. The number of carbonyl (C=O) groups is 1. The van der Waals surface area contributed by atoms with Gasteiger partial charge >= 0.3 is 12.6 Å². The number of nitrogens with one attached hydrogen (secondary N) is 2. The molecular formula is C20H25F2N3O2. The SMILES string of the molecule is CC(NC(=O)NC(CN(C)C)c1ccccc1)c1ccc(OC(F)F)cc1. The van der Waals surface area contributed by atoms with Crippen molar-refractivity contribution in [2.45, 2.75) is 25.6 Å². The summed E-state index contributed by atoms with van der Waals surface area (Å²) in [5.74, 6) is 0.0838. The Bertz CT molecular complexity index is 709. The third kappa shape index (κ3) is 6.86. The minimum absolute atomic E-state index is 0.0838. The Morgan fingerprint density at radius 3 is 2.19 bits per heavy atom. The van der Waals surface area contributed by atoms with Crippen molar-refractivity contribution >= 4 is 6.03 Å². The third-order valence-electron chi connectivity index (χ3n) is 4.01. The largest absolute Gasteiger partial charge is 0.435 e. The number of hydrogen-bond donors (Lipinski definition) is 2. The molecule has 0 bridgehead atoms. The summed E-state index contributed by atoms with van der Waals surface area (Å²) in [7, 11) is 3.89. The predicted octanol–water partition coefficient (Wildman–Crippen LogP) is 3.95. The van der Waals surface area contributed by atoms with Crippen LogP contribution in [0.1, 0.15) is 30.1 Å². The third-order valence-corrected chi connectivity index (χ3v) is 4.01. The molecule has 2 aromatic carbocycles. The Hall–Kier alpha value is -2.67. The van der Waals surface area contributed by atoms with Crippen molar-refractivity contribution in [2.24, 2.45) is 0 Å². The van der Waals surface area contributed by atoms with Crippen LogP contribution in [-0.4, -0.2) is 38.2 Å². The predicted molar refractivity (Wildman–Crippen MR) is 101 cm³/mol. The number of likely N-dealkylation sites (N-methyl/N-ethyl adjacent to an activating group) is 1. The molecule has 2 rings (SSSR count). The van der Waals surface area contributed by atoms with E-state index < -0.39 is 6.61 Å². The highest BCUT2D eigenvalue weighted by Crippen LogP contribution is 2.19. The van der Waals surface area contributed by atoms with E-state index in [1.807, 2.05) is 56.3 Å². The molecular weight excluding hydrogens is 352 g/mol. The molecule has 0 fully saturated rings. The zero-order valence-electron chi connectivity index (χ0n) is 15.7. The van der Waals surface area contributed by atoms with Crippen molar-refractivity contribution in [3.05, 3.63) is 65.7 Å². The number of alkyl halides is 2. The van der Waals surface area contributed by atoms with Crippen LogP contribution in [0.2, 0.25) is 0 Å². The number of rotatable bonds is 8. The minimum atomic E-state index is -2.86. The first-order valence-electron chi connectivity index (χ1n) is 8.66. The van der Waals surface area contributed by atoms with Crippen molar-refractivity contribution in [2.75, 3.05) is 20.6 Å². The van der Waals surface area contributed by atoms with E-state index in [-0.39, 0.29) is 23.9 Å². The second kappa shape index (κ2) is 9.87. The highest BCUT2D eigenvalue weighted by Gasteiger charge is 2.17.